The van der Waals surface area contributed by atoms with Crippen LogP contribution in [-0.4, -0.2) is 61.9 Å². The number of aryl methyl sites for hydroxylation is 1. The smallest absolute Gasteiger partial charge is 0.255 e. The molecule has 0 radical (unpaired) electrons. The molecule has 3 heterocycles. The van der Waals surface area contributed by atoms with Gasteiger partial charge in [-0.15, -0.1) is 0 Å². The molecule has 0 saturated heterocycles. The van der Waals surface area contributed by atoms with Crippen molar-refractivity contribution in [1.29, 1.82) is 0 Å². The van der Waals surface area contributed by atoms with Crippen LogP contribution in [0.25, 0.3) is 22.0 Å². The van der Waals surface area contributed by atoms with Crippen LogP contribution in [0.4, 0.5) is 8.78 Å². The number of halogens is 2. The van der Waals surface area contributed by atoms with E-state index in [4.69, 9.17) is 4.74 Å². The van der Waals surface area contributed by atoms with Crippen molar-refractivity contribution in [2.45, 2.75) is 11.9 Å². The molecule has 0 saturated carbocycles. The Morgan fingerprint density at radius 2 is 1.81 bits per heavy atom. The maximum Gasteiger partial charge on any atom is 0.255 e. The van der Waals surface area contributed by atoms with Gasteiger partial charge >= 0.3 is 0 Å². The van der Waals surface area contributed by atoms with Gasteiger partial charge in [-0.25, -0.2) is 17.2 Å². The molecule has 188 valence electrons. The van der Waals surface area contributed by atoms with E-state index in [1.807, 2.05) is 0 Å². The number of fused-ring (bicyclic) bond motifs is 2. The van der Waals surface area contributed by atoms with Gasteiger partial charge in [-0.1, -0.05) is 0 Å². The van der Waals surface area contributed by atoms with Gasteiger partial charge < -0.3 is 9.64 Å². The summed E-state index contributed by atoms with van der Waals surface area (Å²) >= 11 is 0. The van der Waals surface area contributed by atoms with Gasteiger partial charge in [-0.3, -0.25) is 14.5 Å². The number of carbonyl (C=O) groups is 1. The van der Waals surface area contributed by atoms with E-state index < -0.39 is 32.7 Å². The number of sulfone groups is 1. The minimum atomic E-state index is -3.39. The third-order valence-electron chi connectivity index (χ3n) is 6.49. The quantitative estimate of drug-likeness (QED) is 0.355. The number of hydrogen-bond acceptors (Lipinski definition) is 6. The lowest BCUT2D eigenvalue weighted by Gasteiger charge is -2.32. The topological polar surface area (TPSA) is 94.4 Å². The Morgan fingerprint density at radius 3 is 2.46 bits per heavy atom. The Bertz CT molecular complexity index is 1670. The van der Waals surface area contributed by atoms with Crippen LogP contribution in [-0.2, 0) is 28.8 Å². The molecule has 37 heavy (non-hydrogen) atoms. The second kappa shape index (κ2) is 8.69. The van der Waals surface area contributed by atoms with Crippen molar-refractivity contribution in [2.24, 2.45) is 7.05 Å². The lowest BCUT2D eigenvalue weighted by molar-refractivity contribution is 0.0727. The van der Waals surface area contributed by atoms with E-state index in [1.54, 1.807) is 53.3 Å². The van der Waals surface area contributed by atoms with Gasteiger partial charge in [0.1, 0.15) is 38.6 Å². The molecule has 0 spiro atoms. The molecular weight excluding hydrogens is 500 g/mol. The molecule has 0 aliphatic carbocycles. The number of benzene rings is 2. The summed E-state index contributed by atoms with van der Waals surface area (Å²) in [6, 6.07) is 8.88. The number of pyridine rings is 1. The molecule has 2 aromatic heterocycles. The van der Waals surface area contributed by atoms with E-state index >= 15 is 8.78 Å². The van der Waals surface area contributed by atoms with E-state index in [2.05, 4.69) is 10.1 Å². The summed E-state index contributed by atoms with van der Waals surface area (Å²) in [4.78, 5) is 18.7. The fourth-order valence-electron chi connectivity index (χ4n) is 4.66. The number of aromatic nitrogens is 3. The van der Waals surface area contributed by atoms with E-state index in [-0.39, 0.29) is 29.3 Å². The number of ether oxygens (including phenoxy) is 1. The number of hydrogen-bond donors (Lipinski definition) is 0. The molecule has 5 rings (SSSR count). The summed E-state index contributed by atoms with van der Waals surface area (Å²) in [6.45, 7) is -0.263. The molecular formula is C24H22B2F2N4O4S. The fourth-order valence-corrected chi connectivity index (χ4v) is 5.00. The number of rotatable bonds is 6. The first kappa shape index (κ1) is 24.9. The molecule has 1 aliphatic heterocycles. The first-order valence-corrected chi connectivity index (χ1v) is 13.5. The van der Waals surface area contributed by atoms with Crippen LogP contribution in [0.2, 0.25) is 0 Å². The standard InChI is InChI=1S/C24H22B2F2N4O4S/c1-31-10-16-14(5-6-20(21(16)30-31)36-12-37(2,34)35)13-8-18(27)17(19(28)9-13)11-32-23(33)15-4-3-7-29-22(15)24(32,25)26/h3-10H,11-12,25-26H2,1-2H3. The SMILES string of the molecule is BC1(B)c2ncccc2C(=O)N1Cc1c(F)cc(-c2ccc(OCS(C)(=O)=O)c3nn(C)cc23)cc1F. The summed E-state index contributed by atoms with van der Waals surface area (Å²) in [5.74, 6) is -2.21. The zero-order valence-corrected chi connectivity index (χ0v) is 21.4. The van der Waals surface area contributed by atoms with Crippen LogP contribution < -0.4 is 4.74 Å². The van der Waals surface area contributed by atoms with Crippen LogP contribution in [0, 0.1) is 11.6 Å². The number of carbonyl (C=O) groups excluding carboxylic acids is 1. The highest BCUT2D eigenvalue weighted by Crippen LogP contribution is 2.37. The van der Waals surface area contributed by atoms with Crippen molar-refractivity contribution in [1.82, 2.24) is 19.7 Å². The second-order valence-corrected chi connectivity index (χ2v) is 11.7. The molecule has 8 nitrogen and oxygen atoms in total. The van der Waals surface area contributed by atoms with Gasteiger partial charge in [0.05, 0.1) is 17.8 Å². The Balaban J connectivity index is 1.51. The van der Waals surface area contributed by atoms with Crippen molar-refractivity contribution in [3.05, 3.63) is 77.2 Å². The number of amides is 1. The lowest BCUT2D eigenvalue weighted by Crippen LogP contribution is -2.45. The summed E-state index contributed by atoms with van der Waals surface area (Å²) < 4.78 is 60.8. The summed E-state index contributed by atoms with van der Waals surface area (Å²) in [5, 5.41) is 4.03. The van der Waals surface area contributed by atoms with Crippen molar-refractivity contribution >= 4 is 42.3 Å². The highest BCUT2D eigenvalue weighted by Gasteiger charge is 2.44. The Morgan fingerprint density at radius 1 is 1.11 bits per heavy atom. The molecule has 1 aliphatic rings. The van der Waals surface area contributed by atoms with Gasteiger partial charge in [0.2, 0.25) is 0 Å². The highest BCUT2D eigenvalue weighted by molar-refractivity contribution is 7.90. The largest absolute Gasteiger partial charge is 0.475 e. The first-order chi connectivity index (χ1) is 17.4. The van der Waals surface area contributed by atoms with Gasteiger partial charge in [-0.2, -0.15) is 5.10 Å². The molecule has 4 aromatic rings. The van der Waals surface area contributed by atoms with Crippen molar-refractivity contribution in [3.63, 3.8) is 0 Å². The van der Waals surface area contributed by atoms with E-state index in [9.17, 15) is 13.2 Å². The van der Waals surface area contributed by atoms with Crippen LogP contribution in [0.5, 0.6) is 5.75 Å². The van der Waals surface area contributed by atoms with Crippen LogP contribution in [0.3, 0.4) is 0 Å². The summed E-state index contributed by atoms with van der Waals surface area (Å²) in [7, 11) is 1.87. The van der Waals surface area contributed by atoms with Gasteiger partial charge in [0, 0.05) is 42.0 Å². The van der Waals surface area contributed by atoms with Crippen LogP contribution in [0.1, 0.15) is 21.6 Å². The van der Waals surface area contributed by atoms with Crippen molar-refractivity contribution in [2.75, 3.05) is 12.2 Å². The van der Waals surface area contributed by atoms with E-state index in [1.165, 1.54) is 27.8 Å². The normalized spacial score (nSPS) is 14.8. The molecule has 13 heteroatoms. The van der Waals surface area contributed by atoms with Crippen LogP contribution in [0.15, 0.2) is 48.8 Å². The maximum atomic E-state index is 15.4. The predicted molar refractivity (Wildman–Crippen MR) is 139 cm³/mol. The first-order valence-electron chi connectivity index (χ1n) is 11.4. The molecule has 0 fully saturated rings. The fraction of sp³-hybridized carbons (Fsp3) is 0.208. The average molecular weight is 522 g/mol. The Labute approximate surface area is 214 Å². The average Bonchev–Trinajstić information content (AvgIpc) is 3.30. The zero-order valence-electron chi connectivity index (χ0n) is 20.6. The van der Waals surface area contributed by atoms with Crippen molar-refractivity contribution < 1.29 is 26.7 Å². The molecule has 0 N–H and O–H groups in total. The monoisotopic (exact) mass is 522 g/mol. The van der Waals surface area contributed by atoms with E-state index in [0.717, 1.165) is 6.26 Å². The molecule has 0 atom stereocenters. The summed E-state index contributed by atoms with van der Waals surface area (Å²) in [5.41, 5.74) is 1.88. The number of nitrogens with zero attached hydrogens (tertiary/aromatic N) is 4. The third-order valence-corrected chi connectivity index (χ3v) is 7.03. The second-order valence-electron chi connectivity index (χ2n) is 9.63. The van der Waals surface area contributed by atoms with Crippen LogP contribution >= 0.6 is 0 Å². The Hall–Kier alpha value is -3.73. The van der Waals surface area contributed by atoms with Gasteiger partial charge in [0.15, 0.2) is 15.8 Å². The molecule has 0 bridgehead atoms. The Kier molecular flexibility index (Phi) is 5.86. The third kappa shape index (κ3) is 4.37. The van der Waals surface area contributed by atoms with Gasteiger partial charge in [-0.05, 0) is 47.5 Å². The van der Waals surface area contributed by atoms with Gasteiger partial charge in [0.25, 0.3) is 5.91 Å². The molecule has 2 aromatic carbocycles. The predicted octanol–water partition coefficient (Wildman–Crippen LogP) is 1.33. The lowest BCUT2D eigenvalue weighted by atomic mass is 9.59. The molecule has 1 amide bonds. The highest BCUT2D eigenvalue weighted by atomic mass is 32.2. The van der Waals surface area contributed by atoms with Crippen molar-refractivity contribution in [3.8, 4) is 16.9 Å². The zero-order chi connectivity index (χ0) is 26.7. The minimum absolute atomic E-state index is 0.228. The molecule has 0 unspecified atom stereocenters. The summed E-state index contributed by atoms with van der Waals surface area (Å²) in [6.07, 6.45) is 4.30. The minimum Gasteiger partial charge on any atom is -0.475 e. The maximum absolute atomic E-state index is 15.4. The van der Waals surface area contributed by atoms with E-state index in [0.29, 0.717) is 27.7 Å².